The summed E-state index contributed by atoms with van der Waals surface area (Å²) in [6, 6.07) is 10.1. The zero-order valence-corrected chi connectivity index (χ0v) is 13.0. The van der Waals surface area contributed by atoms with Crippen LogP contribution in [0.5, 0.6) is 0 Å². The van der Waals surface area contributed by atoms with Gasteiger partial charge < -0.3 is 11.5 Å². The molecule has 0 fully saturated rings. The van der Waals surface area contributed by atoms with Crippen LogP contribution in [0.15, 0.2) is 54.3 Å². The monoisotopic (exact) mass is 308 g/mol. The van der Waals surface area contributed by atoms with Gasteiger partial charge >= 0.3 is 0 Å². The molecule has 2 heterocycles. The zero-order valence-electron chi connectivity index (χ0n) is 12.2. The van der Waals surface area contributed by atoms with E-state index in [1.165, 1.54) is 16.3 Å². The van der Waals surface area contributed by atoms with Crippen molar-refractivity contribution in [2.75, 3.05) is 5.73 Å². The molecule has 0 amide bonds. The van der Waals surface area contributed by atoms with Crippen LogP contribution in [-0.4, -0.2) is 10.8 Å². The Bertz CT molecular complexity index is 876. The lowest BCUT2D eigenvalue weighted by molar-refractivity contribution is 1.34. The summed E-state index contributed by atoms with van der Waals surface area (Å²) in [5.41, 5.74) is 14.9. The summed E-state index contributed by atoms with van der Waals surface area (Å²) in [6.07, 6.45) is 3.25. The van der Waals surface area contributed by atoms with E-state index in [1.807, 2.05) is 6.07 Å². The Morgan fingerprint density at radius 2 is 2.05 bits per heavy atom. The summed E-state index contributed by atoms with van der Waals surface area (Å²) in [7, 11) is 0. The Hall–Kier alpha value is -2.66. The van der Waals surface area contributed by atoms with Crippen LogP contribution in [0.4, 0.5) is 5.82 Å². The molecule has 5 heteroatoms. The van der Waals surface area contributed by atoms with Crippen molar-refractivity contribution in [1.82, 2.24) is 4.98 Å². The lowest BCUT2D eigenvalue weighted by Crippen LogP contribution is -2.11. The molecule has 2 aromatic heterocycles. The molecule has 4 N–H and O–H groups in total. The molecule has 0 spiro atoms. The predicted molar refractivity (Wildman–Crippen MR) is 95.1 cm³/mol. The SMILES string of the molecule is C=CN=C(N)c1sc2cc(-c3ccc(N)nc3)ccc2c1C. The summed E-state index contributed by atoms with van der Waals surface area (Å²) in [6.45, 7) is 5.65. The lowest BCUT2D eigenvalue weighted by atomic mass is 10.0. The van der Waals surface area contributed by atoms with Gasteiger partial charge in [0.1, 0.15) is 11.7 Å². The zero-order chi connectivity index (χ0) is 15.7. The number of nitrogen functional groups attached to an aromatic ring is 1. The molecule has 1 aromatic carbocycles. The molecule has 0 aliphatic heterocycles. The van der Waals surface area contributed by atoms with Gasteiger partial charge in [0.2, 0.25) is 0 Å². The summed E-state index contributed by atoms with van der Waals surface area (Å²) >= 11 is 1.64. The minimum atomic E-state index is 0.504. The Morgan fingerprint density at radius 1 is 1.27 bits per heavy atom. The molecule has 110 valence electrons. The van der Waals surface area contributed by atoms with E-state index < -0.39 is 0 Å². The van der Waals surface area contributed by atoms with Gasteiger partial charge in [-0.3, -0.25) is 0 Å². The number of rotatable bonds is 3. The second kappa shape index (κ2) is 5.61. The van der Waals surface area contributed by atoms with E-state index in [1.54, 1.807) is 23.6 Å². The van der Waals surface area contributed by atoms with Gasteiger partial charge in [-0.05, 0) is 41.6 Å². The number of nitrogens with zero attached hydrogens (tertiary/aromatic N) is 2. The number of hydrogen-bond donors (Lipinski definition) is 2. The maximum Gasteiger partial charge on any atom is 0.141 e. The molecular weight excluding hydrogens is 292 g/mol. The van der Waals surface area contributed by atoms with Crippen LogP contribution in [0.1, 0.15) is 10.4 Å². The van der Waals surface area contributed by atoms with Gasteiger partial charge in [-0.2, -0.15) is 0 Å². The van der Waals surface area contributed by atoms with E-state index in [2.05, 4.69) is 41.7 Å². The van der Waals surface area contributed by atoms with Gasteiger partial charge in [0.25, 0.3) is 0 Å². The second-order valence-electron chi connectivity index (χ2n) is 4.94. The predicted octanol–water partition coefficient (Wildman–Crippen LogP) is 3.70. The number of thiophene rings is 1. The van der Waals surface area contributed by atoms with E-state index in [0.29, 0.717) is 11.7 Å². The third-order valence-electron chi connectivity index (χ3n) is 3.52. The highest BCUT2D eigenvalue weighted by atomic mass is 32.1. The first-order valence-corrected chi connectivity index (χ1v) is 7.61. The molecule has 3 rings (SSSR count). The van der Waals surface area contributed by atoms with Gasteiger partial charge in [0, 0.05) is 22.7 Å². The quantitative estimate of drug-likeness (QED) is 0.572. The molecule has 0 saturated carbocycles. The van der Waals surface area contributed by atoms with Gasteiger partial charge in [0.05, 0.1) is 4.88 Å². The third-order valence-corrected chi connectivity index (χ3v) is 4.80. The van der Waals surface area contributed by atoms with Gasteiger partial charge in [-0.1, -0.05) is 18.7 Å². The first-order valence-electron chi connectivity index (χ1n) is 6.79. The van der Waals surface area contributed by atoms with Gasteiger partial charge in [-0.15, -0.1) is 11.3 Å². The first kappa shape index (κ1) is 14.3. The number of anilines is 1. The smallest absolute Gasteiger partial charge is 0.141 e. The topological polar surface area (TPSA) is 77.3 Å². The van der Waals surface area contributed by atoms with Crippen LogP contribution >= 0.6 is 11.3 Å². The molecule has 0 unspecified atom stereocenters. The minimum absolute atomic E-state index is 0.504. The van der Waals surface area contributed by atoms with Crippen molar-refractivity contribution < 1.29 is 0 Å². The number of aliphatic imine (C=N–C) groups is 1. The van der Waals surface area contributed by atoms with Crippen molar-refractivity contribution in [3.8, 4) is 11.1 Å². The van der Waals surface area contributed by atoms with Crippen LogP contribution in [-0.2, 0) is 0 Å². The molecule has 4 nitrogen and oxygen atoms in total. The number of aryl methyl sites for hydroxylation is 1. The van der Waals surface area contributed by atoms with Crippen molar-refractivity contribution in [1.29, 1.82) is 0 Å². The molecule has 0 atom stereocenters. The minimum Gasteiger partial charge on any atom is -0.384 e. The Kier molecular flexibility index (Phi) is 3.65. The summed E-state index contributed by atoms with van der Waals surface area (Å²) in [4.78, 5) is 9.22. The number of nitrogens with two attached hydrogens (primary N) is 2. The lowest BCUT2D eigenvalue weighted by Gasteiger charge is -2.02. The van der Waals surface area contributed by atoms with Gasteiger partial charge in [-0.25, -0.2) is 9.98 Å². The molecular formula is C17H16N4S. The van der Waals surface area contributed by atoms with Crippen LogP contribution in [0.25, 0.3) is 21.2 Å². The van der Waals surface area contributed by atoms with E-state index in [-0.39, 0.29) is 0 Å². The normalized spacial score (nSPS) is 11.8. The second-order valence-corrected chi connectivity index (χ2v) is 5.99. The van der Waals surface area contributed by atoms with Crippen molar-refractivity contribution in [2.45, 2.75) is 6.92 Å². The number of fused-ring (bicyclic) bond motifs is 1. The number of amidine groups is 1. The number of hydrogen-bond acceptors (Lipinski definition) is 4. The number of aromatic nitrogens is 1. The van der Waals surface area contributed by atoms with Crippen LogP contribution in [0.2, 0.25) is 0 Å². The average molecular weight is 308 g/mol. The van der Waals surface area contributed by atoms with Crippen molar-refractivity contribution in [3.63, 3.8) is 0 Å². The maximum atomic E-state index is 6.00. The highest BCUT2D eigenvalue weighted by Crippen LogP contribution is 2.34. The molecule has 22 heavy (non-hydrogen) atoms. The van der Waals surface area contributed by atoms with Crippen molar-refractivity contribution in [3.05, 3.63) is 59.7 Å². The third kappa shape index (κ3) is 2.46. The largest absolute Gasteiger partial charge is 0.384 e. The average Bonchev–Trinajstić information content (AvgIpc) is 2.85. The van der Waals surface area contributed by atoms with E-state index in [4.69, 9.17) is 11.5 Å². The highest BCUT2D eigenvalue weighted by Gasteiger charge is 2.12. The standard InChI is InChI=1S/C17H16N4S/c1-3-20-17(19)16-10(2)13-6-4-11(8-14(13)22-16)12-5-7-15(18)21-9-12/h3-9H,1H2,2H3,(H2,18,21)(H2,19,20). The Morgan fingerprint density at radius 3 is 2.73 bits per heavy atom. The van der Waals surface area contributed by atoms with Crippen LogP contribution in [0.3, 0.4) is 0 Å². The van der Waals surface area contributed by atoms with Crippen molar-refractivity contribution >= 4 is 33.1 Å². The van der Waals surface area contributed by atoms with Crippen LogP contribution in [0, 0.1) is 6.92 Å². The van der Waals surface area contributed by atoms with E-state index >= 15 is 0 Å². The molecule has 3 aromatic rings. The van der Waals surface area contributed by atoms with Crippen molar-refractivity contribution in [2.24, 2.45) is 10.7 Å². The van der Waals surface area contributed by atoms with Crippen LogP contribution < -0.4 is 11.5 Å². The summed E-state index contributed by atoms with van der Waals surface area (Å²) in [5.74, 6) is 1.02. The van der Waals surface area contributed by atoms with Gasteiger partial charge in [0.15, 0.2) is 0 Å². The highest BCUT2D eigenvalue weighted by molar-refractivity contribution is 7.21. The Labute approximate surface area is 132 Å². The maximum absolute atomic E-state index is 6.00. The van der Waals surface area contributed by atoms with E-state index in [9.17, 15) is 0 Å². The fraction of sp³-hybridized carbons (Fsp3) is 0.0588. The number of benzene rings is 1. The fourth-order valence-corrected chi connectivity index (χ4v) is 3.54. The molecule has 0 bridgehead atoms. The molecule has 0 aliphatic carbocycles. The fourth-order valence-electron chi connectivity index (χ4n) is 2.38. The molecule has 0 saturated heterocycles. The number of pyridine rings is 1. The summed E-state index contributed by atoms with van der Waals surface area (Å²) < 4.78 is 1.17. The molecule has 0 radical (unpaired) electrons. The first-order chi connectivity index (χ1) is 10.6. The summed E-state index contributed by atoms with van der Waals surface area (Å²) in [5, 5.41) is 1.19. The molecule has 0 aliphatic rings. The van der Waals surface area contributed by atoms with E-state index in [0.717, 1.165) is 21.6 Å². The Balaban J connectivity index is 2.12.